The van der Waals surface area contributed by atoms with Crippen LogP contribution in [0.15, 0.2) is 261 Å². The largest absolute Gasteiger partial charge is 0.461 e. The summed E-state index contributed by atoms with van der Waals surface area (Å²) in [6.07, 6.45) is 4.16. The lowest BCUT2D eigenvalue weighted by atomic mass is 9.75. The molecule has 0 bridgehead atoms. The molecule has 112 heavy (non-hydrogen) atoms. The zero-order chi connectivity index (χ0) is 82.4. The lowest BCUT2D eigenvalue weighted by Gasteiger charge is -2.30. The van der Waals surface area contributed by atoms with Gasteiger partial charge in [-0.15, -0.1) is 0 Å². The van der Waals surface area contributed by atoms with E-state index in [1.807, 2.05) is 74.5 Å². The lowest BCUT2D eigenvalue weighted by Crippen LogP contribution is -2.16. The van der Waals surface area contributed by atoms with Crippen LogP contribution < -0.4 is 37.9 Å². The van der Waals surface area contributed by atoms with E-state index in [2.05, 4.69) is 83.2 Å². The molecule has 2 aliphatic carbocycles. The van der Waals surface area contributed by atoms with Gasteiger partial charge in [0.2, 0.25) is 0 Å². The Kier molecular flexibility index (Phi) is 30.0. The molecule has 0 aromatic heterocycles. The highest BCUT2D eigenvalue weighted by Gasteiger charge is 2.28. The van der Waals surface area contributed by atoms with Crippen LogP contribution in [-0.4, -0.2) is 60.3 Å². The summed E-state index contributed by atoms with van der Waals surface area (Å²) < 4.78 is 47.2. The van der Waals surface area contributed by atoms with Gasteiger partial charge in [0.05, 0.1) is 0 Å². The molecule has 0 spiro atoms. The van der Waals surface area contributed by atoms with Crippen molar-refractivity contribution in [3.8, 4) is 102 Å². The average molecular weight is 1510 g/mol. The van der Waals surface area contributed by atoms with Crippen LogP contribution in [0.3, 0.4) is 0 Å². The van der Waals surface area contributed by atoms with E-state index in [1.165, 1.54) is 53.3 Å². The molecule has 0 saturated carbocycles. The van der Waals surface area contributed by atoms with Crippen LogP contribution in [-0.2, 0) is 73.6 Å². The van der Waals surface area contributed by atoms with Crippen molar-refractivity contribution in [3.05, 3.63) is 300 Å². The fraction of sp³-hybridized carbons (Fsp3) is 0.181. The molecule has 572 valence electrons. The molecule has 18 nitrogen and oxygen atoms in total. The van der Waals surface area contributed by atoms with E-state index in [0.29, 0.717) is 85.5 Å². The van der Waals surface area contributed by atoms with Crippen LogP contribution in [0.5, 0.6) is 46.0 Å². The molecular weight excluding hydrogens is 1420 g/mol. The number of carbonyl (C=O) groups is 9. The first-order valence-electron chi connectivity index (χ1n) is 35.3. The second kappa shape index (κ2) is 39.4. The summed E-state index contributed by atoms with van der Waals surface area (Å²) in [5, 5.41) is 0. The number of hydrogen-bond acceptors (Lipinski definition) is 18. The van der Waals surface area contributed by atoms with E-state index in [0.717, 1.165) is 64.6 Å². The van der Waals surface area contributed by atoms with Gasteiger partial charge in [-0.2, -0.15) is 0 Å². The second-order valence-electron chi connectivity index (χ2n) is 26.8. The van der Waals surface area contributed by atoms with Crippen LogP contribution in [0.4, 0.5) is 0 Å². The highest BCUT2D eigenvalue weighted by Crippen LogP contribution is 2.45. The van der Waals surface area contributed by atoms with Gasteiger partial charge in [0, 0.05) is 68.2 Å². The van der Waals surface area contributed by atoms with Crippen LogP contribution in [0.25, 0.3) is 44.5 Å². The summed E-state index contributed by atoms with van der Waals surface area (Å²) in [6.45, 7) is 50.6. The standard InChI is InChI=1S/C28H26O4.C24H22O6.C22H22O4.C20H18O4/c1-17(2)27(29)31-12-6-5-7-19-13-20-8-10-22-15-24(32-28(30)18(3)4)16-23-11-9-21(14-19)25(20)26(22)23;1-14(2)22(25)28-19-9-7-17(8-10-19)18-11-20(29-23(26)15(3)4)13-21(12-18)30-24(27)16(5)6;1-13(2)21(23)25-17-7-9-19(15(5)11-17)20-10-8-18(12-16(20)6)26-22(24)14(3)4;1-13(2)19(21)23-17-9-5-15(6-10-17)16-7-11-18(12-8-16)24-20(22)14(3)4/h13-16H,1,3,6,8-12H2,2,4H3;7-13H,1,3,5H2,2,4,6H3;7-12H,1,3H2,2,4-6H3;5-12H,1,3H2,2,4H3. The molecule has 0 heterocycles. The van der Waals surface area contributed by atoms with E-state index in [4.69, 9.17) is 42.6 Å². The highest BCUT2D eigenvalue weighted by atomic mass is 16.6. The van der Waals surface area contributed by atoms with Gasteiger partial charge in [0.1, 0.15) is 52.6 Å². The number of hydrogen-bond donors (Lipinski definition) is 0. The van der Waals surface area contributed by atoms with Crippen LogP contribution >= 0.6 is 0 Å². The number of aryl methyl sites for hydroxylation is 6. The summed E-state index contributed by atoms with van der Waals surface area (Å²) in [4.78, 5) is 105. The summed E-state index contributed by atoms with van der Waals surface area (Å²) in [6, 6.07) is 44.8. The fourth-order valence-corrected chi connectivity index (χ4v) is 10.6. The Morgan fingerprint density at radius 1 is 0.286 bits per heavy atom. The van der Waals surface area contributed by atoms with E-state index in [-0.39, 0.29) is 46.8 Å². The van der Waals surface area contributed by atoms with Crippen LogP contribution in [0.1, 0.15) is 108 Å². The van der Waals surface area contributed by atoms with E-state index >= 15 is 0 Å². The SMILES string of the molecule is C=C(C)C(=O)OCCC#Cc1cc2c3c(c1)CCc1cc(OC(=O)C(=C)C)cc(c1-3)CC2.C=C(C)C(=O)Oc1ccc(-c2cc(OC(=O)C(=C)C)cc(OC(=O)C(=C)C)c2)cc1.C=C(C)C(=O)Oc1ccc(-c2ccc(OC(=O)C(=C)C)cc2)cc1.C=C(C)C(=O)Oc1ccc(-c2ccc(OC(=O)C(=C)C)cc2C)c(C)c1. The first-order valence-corrected chi connectivity index (χ1v) is 35.3. The zero-order valence-corrected chi connectivity index (χ0v) is 64.9. The smallest absolute Gasteiger partial charge is 0.338 e. The normalized spacial score (nSPS) is 10.8. The third-order valence-electron chi connectivity index (χ3n) is 16.5. The third kappa shape index (κ3) is 24.6. The number of benzene rings is 8. The molecule has 0 N–H and O–H groups in total. The monoisotopic (exact) mass is 1500 g/mol. The molecule has 0 fully saturated rings. The van der Waals surface area contributed by atoms with Crippen molar-refractivity contribution in [2.24, 2.45) is 0 Å². The molecular formula is C94H88O18. The molecule has 0 aliphatic heterocycles. The maximum atomic E-state index is 12.0. The van der Waals surface area contributed by atoms with E-state index < -0.39 is 41.8 Å². The van der Waals surface area contributed by atoms with Gasteiger partial charge in [-0.25, -0.2) is 43.2 Å². The number of rotatable bonds is 22. The van der Waals surface area contributed by atoms with Gasteiger partial charge in [-0.1, -0.05) is 120 Å². The summed E-state index contributed by atoms with van der Waals surface area (Å²) in [7, 11) is 0. The Morgan fingerprint density at radius 2 is 0.536 bits per heavy atom. The molecule has 0 amide bonds. The summed E-state index contributed by atoms with van der Waals surface area (Å²) in [5.41, 5.74) is 18.8. The Hall–Kier alpha value is -13.8. The van der Waals surface area contributed by atoms with Gasteiger partial charge >= 0.3 is 53.7 Å². The molecule has 2 aliphatic rings. The van der Waals surface area contributed by atoms with Crippen molar-refractivity contribution < 1.29 is 85.8 Å². The second-order valence-corrected chi connectivity index (χ2v) is 26.8. The minimum atomic E-state index is -0.605. The molecule has 0 radical (unpaired) electrons. The quantitative estimate of drug-likeness (QED) is 0.0201. The van der Waals surface area contributed by atoms with Crippen LogP contribution in [0, 0.1) is 25.7 Å². The topological polar surface area (TPSA) is 237 Å². The van der Waals surface area contributed by atoms with Gasteiger partial charge in [0.25, 0.3) is 0 Å². The molecule has 10 rings (SSSR count). The van der Waals surface area contributed by atoms with E-state index in [9.17, 15) is 43.2 Å². The minimum Gasteiger partial charge on any atom is -0.461 e. The van der Waals surface area contributed by atoms with Gasteiger partial charge < -0.3 is 42.6 Å². The highest BCUT2D eigenvalue weighted by molar-refractivity contribution is 5.94. The maximum Gasteiger partial charge on any atom is 0.338 e. The Bertz CT molecular complexity index is 5010. The minimum absolute atomic E-state index is 0.183. The zero-order valence-electron chi connectivity index (χ0n) is 64.9. The maximum absolute atomic E-state index is 12.0. The molecule has 0 saturated heterocycles. The van der Waals surface area contributed by atoms with Crippen molar-refractivity contribution in [3.63, 3.8) is 0 Å². The molecule has 8 aromatic carbocycles. The molecule has 0 unspecified atom stereocenters. The van der Waals surface area contributed by atoms with Crippen molar-refractivity contribution in [2.45, 2.75) is 108 Å². The van der Waals surface area contributed by atoms with Crippen molar-refractivity contribution >= 4 is 53.7 Å². The summed E-state index contributed by atoms with van der Waals surface area (Å²) >= 11 is 0. The molecule has 18 heteroatoms. The number of esters is 9. The van der Waals surface area contributed by atoms with Gasteiger partial charge in [-0.05, 0) is 277 Å². The van der Waals surface area contributed by atoms with Gasteiger partial charge in [-0.3, -0.25) is 0 Å². The Labute approximate surface area is 653 Å². The van der Waals surface area contributed by atoms with Crippen LogP contribution in [0.2, 0.25) is 0 Å². The van der Waals surface area contributed by atoms with E-state index in [1.54, 1.807) is 121 Å². The Morgan fingerprint density at radius 3 is 0.821 bits per heavy atom. The number of carbonyl (C=O) groups excluding carboxylic acids is 9. The Balaban J connectivity index is 0.000000209. The van der Waals surface area contributed by atoms with Crippen molar-refractivity contribution in [1.29, 1.82) is 0 Å². The summed E-state index contributed by atoms with van der Waals surface area (Å²) in [5.74, 6) is 5.23. The fourth-order valence-electron chi connectivity index (χ4n) is 10.6. The predicted molar refractivity (Wildman–Crippen MR) is 433 cm³/mol. The molecule has 0 atom stereocenters. The first kappa shape index (κ1) is 85.5. The van der Waals surface area contributed by atoms with Crippen molar-refractivity contribution in [1.82, 2.24) is 0 Å². The van der Waals surface area contributed by atoms with Crippen molar-refractivity contribution in [2.75, 3.05) is 6.61 Å². The number of ether oxygens (including phenoxy) is 9. The molecule has 8 aromatic rings. The lowest BCUT2D eigenvalue weighted by molar-refractivity contribution is -0.139. The predicted octanol–water partition coefficient (Wildman–Crippen LogP) is 18.9. The first-order chi connectivity index (χ1) is 52.9. The average Bonchev–Trinajstić information content (AvgIpc) is 0.734. The van der Waals surface area contributed by atoms with Gasteiger partial charge in [0.15, 0.2) is 0 Å². The third-order valence-corrected chi connectivity index (χ3v) is 16.5.